The third-order valence-corrected chi connectivity index (χ3v) is 4.05. The summed E-state index contributed by atoms with van der Waals surface area (Å²) in [6, 6.07) is 7.66. The highest BCUT2D eigenvalue weighted by Gasteiger charge is 2.11. The van der Waals surface area contributed by atoms with E-state index in [0.29, 0.717) is 35.5 Å². The highest BCUT2D eigenvalue weighted by Crippen LogP contribution is 2.29. The number of nitrogens with one attached hydrogen (secondary N) is 3. The molecule has 2 aromatic rings. The Morgan fingerprint density at radius 3 is 2.54 bits per heavy atom. The van der Waals surface area contributed by atoms with Crippen molar-refractivity contribution in [2.24, 2.45) is 10.7 Å². The summed E-state index contributed by atoms with van der Waals surface area (Å²) in [5.74, 6) is -0.202. The third-order valence-electron chi connectivity index (χ3n) is 4.05. The van der Waals surface area contributed by atoms with Gasteiger partial charge in [-0.3, -0.25) is 4.99 Å². The van der Waals surface area contributed by atoms with E-state index in [1.54, 1.807) is 31.3 Å². The van der Waals surface area contributed by atoms with Crippen LogP contribution in [0.25, 0.3) is 10.8 Å². The second-order valence-corrected chi connectivity index (χ2v) is 6.05. The first-order valence-electron chi connectivity index (χ1n) is 8.80. The number of ether oxygens (including phenoxy) is 1. The molecule has 0 unspecified atom stereocenters. The number of urea groups is 1. The van der Waals surface area contributed by atoms with E-state index in [2.05, 4.69) is 25.7 Å². The number of amides is 2. The van der Waals surface area contributed by atoms with Gasteiger partial charge >= 0.3 is 12.0 Å². The smallest absolute Gasteiger partial charge is 0.338 e. The molecule has 0 aliphatic carbocycles. The molecule has 9 heteroatoms. The first kappa shape index (κ1) is 20.8. The van der Waals surface area contributed by atoms with Gasteiger partial charge in [0.15, 0.2) is 5.96 Å². The van der Waals surface area contributed by atoms with Crippen molar-refractivity contribution in [3.63, 3.8) is 0 Å². The van der Waals surface area contributed by atoms with Gasteiger partial charge in [0.25, 0.3) is 0 Å². The molecule has 0 aromatic heterocycles. The van der Waals surface area contributed by atoms with Gasteiger partial charge in [-0.05, 0) is 42.5 Å². The van der Waals surface area contributed by atoms with Crippen molar-refractivity contribution < 1.29 is 19.4 Å². The minimum absolute atomic E-state index is 0.0654. The molecular formula is C19H25N5O4. The zero-order valence-electron chi connectivity index (χ0n) is 15.9. The number of unbranched alkanes of at least 4 members (excludes halogenated alkanes) is 1. The summed E-state index contributed by atoms with van der Waals surface area (Å²) in [7, 11) is 2.89. The molecule has 2 rings (SSSR count). The van der Waals surface area contributed by atoms with Crippen molar-refractivity contribution in [2.75, 3.05) is 32.6 Å². The maximum absolute atomic E-state index is 12.0. The van der Waals surface area contributed by atoms with Crippen LogP contribution in [0.1, 0.15) is 23.2 Å². The fourth-order valence-electron chi connectivity index (χ4n) is 2.57. The number of anilines is 1. The Morgan fingerprint density at radius 2 is 1.86 bits per heavy atom. The largest absolute Gasteiger partial charge is 0.507 e. The number of hydrogen-bond acceptors (Lipinski definition) is 5. The SMILES string of the molecule is CN=C(N)NCCCCNC(=O)Nc1ccc2cc(C(=O)OC)cc(O)c2c1. The lowest BCUT2D eigenvalue weighted by molar-refractivity contribution is 0.0600. The van der Waals surface area contributed by atoms with Crippen LogP contribution in [-0.2, 0) is 4.74 Å². The van der Waals surface area contributed by atoms with Crippen LogP contribution in [0.3, 0.4) is 0 Å². The number of carbonyl (C=O) groups excluding carboxylic acids is 2. The molecule has 6 N–H and O–H groups in total. The number of esters is 1. The van der Waals surface area contributed by atoms with Crippen LogP contribution in [0.4, 0.5) is 10.5 Å². The van der Waals surface area contributed by atoms with Gasteiger partial charge in [0.05, 0.1) is 12.7 Å². The Balaban J connectivity index is 1.89. The number of methoxy groups -OCH3 is 1. The molecule has 0 saturated heterocycles. The van der Waals surface area contributed by atoms with Gasteiger partial charge < -0.3 is 31.5 Å². The van der Waals surface area contributed by atoms with E-state index in [4.69, 9.17) is 5.73 Å². The highest BCUT2D eigenvalue weighted by atomic mass is 16.5. The van der Waals surface area contributed by atoms with E-state index in [0.717, 1.165) is 12.8 Å². The number of phenols is 1. The molecule has 0 fully saturated rings. The van der Waals surface area contributed by atoms with E-state index >= 15 is 0 Å². The van der Waals surface area contributed by atoms with Crippen LogP contribution in [-0.4, -0.2) is 50.3 Å². The molecule has 0 bridgehead atoms. The van der Waals surface area contributed by atoms with Crippen LogP contribution in [0.5, 0.6) is 5.75 Å². The standard InChI is InChI=1S/C19H25N5O4/c1-21-18(20)22-7-3-4-8-23-19(27)24-14-6-5-12-9-13(17(26)28-2)10-16(25)15(12)11-14/h5-6,9-11,25H,3-4,7-8H2,1-2H3,(H3,20,21,22)(H2,23,24,27). The van der Waals surface area contributed by atoms with Gasteiger partial charge in [-0.15, -0.1) is 0 Å². The molecule has 0 saturated carbocycles. The van der Waals surface area contributed by atoms with Gasteiger partial charge in [-0.25, -0.2) is 9.59 Å². The van der Waals surface area contributed by atoms with Gasteiger partial charge in [-0.1, -0.05) is 6.07 Å². The van der Waals surface area contributed by atoms with E-state index in [1.807, 2.05) is 0 Å². The molecular weight excluding hydrogens is 362 g/mol. The van der Waals surface area contributed by atoms with Gasteiger partial charge in [0.1, 0.15) is 5.75 Å². The molecule has 2 amide bonds. The zero-order chi connectivity index (χ0) is 20.5. The molecule has 0 aliphatic heterocycles. The Hall–Kier alpha value is -3.49. The molecule has 150 valence electrons. The summed E-state index contributed by atoms with van der Waals surface area (Å²) in [5, 5.41) is 19.8. The van der Waals surface area contributed by atoms with Crippen molar-refractivity contribution in [3.8, 4) is 5.75 Å². The summed E-state index contributed by atoms with van der Waals surface area (Å²) >= 11 is 0. The molecule has 0 aliphatic rings. The molecule has 0 spiro atoms. The number of aromatic hydroxyl groups is 1. The number of hydrogen-bond donors (Lipinski definition) is 5. The van der Waals surface area contributed by atoms with Crippen LogP contribution in [0.15, 0.2) is 35.3 Å². The van der Waals surface area contributed by atoms with E-state index < -0.39 is 5.97 Å². The Morgan fingerprint density at radius 1 is 1.14 bits per heavy atom. The number of nitrogens with two attached hydrogens (primary N) is 1. The number of aliphatic imine (C=N–C) groups is 1. The lowest BCUT2D eigenvalue weighted by Crippen LogP contribution is -2.33. The quantitative estimate of drug-likeness (QED) is 0.212. The fraction of sp³-hybridized carbons (Fsp3) is 0.316. The first-order chi connectivity index (χ1) is 13.4. The van der Waals surface area contributed by atoms with Gasteiger partial charge in [0.2, 0.25) is 0 Å². The number of rotatable bonds is 7. The van der Waals surface area contributed by atoms with Crippen LogP contribution < -0.4 is 21.7 Å². The maximum atomic E-state index is 12.0. The van der Waals surface area contributed by atoms with E-state index in [9.17, 15) is 14.7 Å². The van der Waals surface area contributed by atoms with E-state index in [-0.39, 0.29) is 17.3 Å². The van der Waals surface area contributed by atoms with Crippen molar-refractivity contribution in [1.29, 1.82) is 0 Å². The molecule has 0 atom stereocenters. The Kier molecular flexibility index (Phi) is 7.44. The normalized spacial score (nSPS) is 11.1. The average Bonchev–Trinajstić information content (AvgIpc) is 2.69. The van der Waals surface area contributed by atoms with Crippen molar-refractivity contribution in [1.82, 2.24) is 10.6 Å². The summed E-state index contributed by atoms with van der Waals surface area (Å²) in [6.07, 6.45) is 1.62. The monoisotopic (exact) mass is 387 g/mol. The molecule has 0 heterocycles. The van der Waals surface area contributed by atoms with Gasteiger partial charge in [0, 0.05) is 31.2 Å². The second kappa shape index (κ2) is 10.0. The van der Waals surface area contributed by atoms with E-state index in [1.165, 1.54) is 13.2 Å². The van der Waals surface area contributed by atoms with Crippen molar-refractivity contribution in [2.45, 2.75) is 12.8 Å². The first-order valence-corrected chi connectivity index (χ1v) is 8.80. The molecule has 2 aromatic carbocycles. The molecule has 9 nitrogen and oxygen atoms in total. The Labute approximate surface area is 163 Å². The lowest BCUT2D eigenvalue weighted by Gasteiger charge is -2.10. The predicted octanol–water partition coefficient (Wildman–Crippen LogP) is 1.77. The number of carbonyl (C=O) groups is 2. The second-order valence-electron chi connectivity index (χ2n) is 6.05. The van der Waals surface area contributed by atoms with Crippen LogP contribution >= 0.6 is 0 Å². The maximum Gasteiger partial charge on any atom is 0.338 e. The van der Waals surface area contributed by atoms with Gasteiger partial charge in [-0.2, -0.15) is 0 Å². The van der Waals surface area contributed by atoms with Crippen molar-refractivity contribution >= 4 is 34.4 Å². The van der Waals surface area contributed by atoms with Crippen LogP contribution in [0, 0.1) is 0 Å². The zero-order valence-corrected chi connectivity index (χ0v) is 15.9. The average molecular weight is 387 g/mol. The number of benzene rings is 2. The third kappa shape index (κ3) is 5.76. The summed E-state index contributed by atoms with van der Waals surface area (Å²) in [5.41, 5.74) is 6.30. The summed E-state index contributed by atoms with van der Waals surface area (Å²) in [4.78, 5) is 27.4. The minimum atomic E-state index is -0.529. The number of phenolic OH excluding ortho intramolecular Hbond substituents is 1. The Bertz CT molecular complexity index is 882. The number of fused-ring (bicyclic) bond motifs is 1. The lowest BCUT2D eigenvalue weighted by atomic mass is 10.0. The highest BCUT2D eigenvalue weighted by molar-refractivity contribution is 6.00. The summed E-state index contributed by atoms with van der Waals surface area (Å²) in [6.45, 7) is 1.20. The molecule has 0 radical (unpaired) electrons. The van der Waals surface area contributed by atoms with Crippen molar-refractivity contribution in [3.05, 3.63) is 35.9 Å². The number of guanidine groups is 1. The minimum Gasteiger partial charge on any atom is -0.507 e. The topological polar surface area (TPSA) is 138 Å². The van der Waals surface area contributed by atoms with Crippen LogP contribution in [0.2, 0.25) is 0 Å². The molecule has 28 heavy (non-hydrogen) atoms. The predicted molar refractivity (Wildman–Crippen MR) is 109 cm³/mol. The summed E-state index contributed by atoms with van der Waals surface area (Å²) < 4.78 is 4.66. The fourth-order valence-corrected chi connectivity index (χ4v) is 2.57. The number of nitrogens with zero attached hydrogens (tertiary/aromatic N) is 1.